The van der Waals surface area contributed by atoms with Crippen LogP contribution in [0, 0.1) is 0 Å². The number of carbonyl (C=O) groups is 1. The minimum atomic E-state index is -3.84. The molecule has 0 aliphatic carbocycles. The maximum atomic E-state index is 12.8. The monoisotopic (exact) mass is 437 g/mol. The second-order valence-electron chi connectivity index (χ2n) is 6.45. The van der Waals surface area contributed by atoms with Crippen LogP contribution in [0.4, 0.5) is 11.4 Å². The van der Waals surface area contributed by atoms with E-state index >= 15 is 0 Å². The lowest BCUT2D eigenvalue weighted by Crippen LogP contribution is -2.16. The summed E-state index contributed by atoms with van der Waals surface area (Å²) in [5.41, 5.74) is 1.74. The molecule has 3 aromatic carbocycles. The van der Waals surface area contributed by atoms with E-state index in [1.807, 2.05) is 0 Å². The molecule has 30 heavy (non-hydrogen) atoms. The van der Waals surface area contributed by atoms with Crippen molar-refractivity contribution in [3.05, 3.63) is 95.6 Å². The van der Waals surface area contributed by atoms with Gasteiger partial charge in [0.15, 0.2) is 0 Å². The van der Waals surface area contributed by atoms with Crippen molar-refractivity contribution >= 4 is 49.8 Å². The Morgan fingerprint density at radius 2 is 1.67 bits per heavy atom. The fourth-order valence-corrected chi connectivity index (χ4v) is 4.30. The van der Waals surface area contributed by atoms with E-state index in [4.69, 9.17) is 11.6 Å². The van der Waals surface area contributed by atoms with Crippen molar-refractivity contribution in [3.8, 4) is 0 Å². The summed E-state index contributed by atoms with van der Waals surface area (Å²) in [4.78, 5) is 17.0. The number of aromatic nitrogens is 1. The summed E-state index contributed by atoms with van der Waals surface area (Å²) in [6.07, 6.45) is 1.55. The highest BCUT2D eigenvalue weighted by atomic mass is 35.5. The molecule has 1 amide bonds. The van der Waals surface area contributed by atoms with E-state index in [0.717, 1.165) is 0 Å². The molecule has 1 aromatic heterocycles. The predicted molar refractivity (Wildman–Crippen MR) is 118 cm³/mol. The van der Waals surface area contributed by atoms with E-state index in [0.29, 0.717) is 27.3 Å². The van der Waals surface area contributed by atoms with Gasteiger partial charge in [0.1, 0.15) is 0 Å². The molecule has 8 heteroatoms. The van der Waals surface area contributed by atoms with Gasteiger partial charge in [0.25, 0.3) is 15.9 Å². The highest BCUT2D eigenvalue weighted by Crippen LogP contribution is 2.27. The molecule has 0 unspecified atom stereocenters. The summed E-state index contributed by atoms with van der Waals surface area (Å²) in [6, 6.07) is 21.3. The van der Waals surface area contributed by atoms with Gasteiger partial charge in [-0.25, -0.2) is 8.42 Å². The van der Waals surface area contributed by atoms with Gasteiger partial charge < -0.3 is 5.32 Å². The first-order valence-electron chi connectivity index (χ1n) is 8.96. The smallest absolute Gasteiger partial charge is 0.261 e. The number of fused-ring (bicyclic) bond motifs is 1. The maximum absolute atomic E-state index is 12.8. The van der Waals surface area contributed by atoms with Crippen LogP contribution < -0.4 is 10.0 Å². The van der Waals surface area contributed by atoms with E-state index in [1.54, 1.807) is 66.9 Å². The van der Waals surface area contributed by atoms with Crippen molar-refractivity contribution in [2.24, 2.45) is 0 Å². The Morgan fingerprint density at radius 3 is 2.47 bits per heavy atom. The molecule has 0 bridgehead atoms. The number of sulfonamides is 1. The lowest BCUT2D eigenvalue weighted by Gasteiger charge is -2.11. The van der Waals surface area contributed by atoms with Gasteiger partial charge in [-0.05, 0) is 42.5 Å². The fourth-order valence-electron chi connectivity index (χ4n) is 2.97. The lowest BCUT2D eigenvalue weighted by atomic mass is 10.1. The molecule has 2 N–H and O–H groups in total. The number of pyridine rings is 1. The third kappa shape index (κ3) is 4.12. The summed E-state index contributed by atoms with van der Waals surface area (Å²) >= 11 is 6.17. The number of carbonyl (C=O) groups excluding carboxylic acids is 1. The zero-order valence-corrected chi connectivity index (χ0v) is 17.1. The molecule has 6 nitrogen and oxygen atoms in total. The van der Waals surface area contributed by atoms with E-state index in [-0.39, 0.29) is 10.5 Å². The molecular formula is C22H16ClN3O3S. The first kappa shape index (κ1) is 19.9. The van der Waals surface area contributed by atoms with Gasteiger partial charge in [-0.15, -0.1) is 0 Å². The van der Waals surface area contributed by atoms with E-state index < -0.39 is 15.9 Å². The summed E-state index contributed by atoms with van der Waals surface area (Å²) in [7, 11) is -3.84. The average molecular weight is 438 g/mol. The molecular weight excluding hydrogens is 422 g/mol. The Morgan fingerprint density at radius 1 is 0.900 bits per heavy atom. The summed E-state index contributed by atoms with van der Waals surface area (Å²) in [5, 5.41) is 3.97. The van der Waals surface area contributed by atoms with Crippen molar-refractivity contribution < 1.29 is 13.2 Å². The topological polar surface area (TPSA) is 88.2 Å². The van der Waals surface area contributed by atoms with Gasteiger partial charge in [-0.3, -0.25) is 14.5 Å². The first-order valence-corrected chi connectivity index (χ1v) is 10.8. The number of nitrogens with zero attached hydrogens (tertiary/aromatic N) is 1. The van der Waals surface area contributed by atoms with Gasteiger partial charge in [-0.2, -0.15) is 0 Å². The Kier molecular flexibility index (Phi) is 5.39. The van der Waals surface area contributed by atoms with E-state index in [9.17, 15) is 13.2 Å². The molecule has 0 spiro atoms. The molecule has 0 aliphatic rings. The van der Waals surface area contributed by atoms with Gasteiger partial charge >= 0.3 is 0 Å². The van der Waals surface area contributed by atoms with Gasteiger partial charge in [0.05, 0.1) is 21.1 Å². The molecule has 1 heterocycles. The Labute approximate surface area is 178 Å². The molecule has 0 fully saturated rings. The largest absolute Gasteiger partial charge is 0.321 e. The number of benzene rings is 3. The highest BCUT2D eigenvalue weighted by molar-refractivity contribution is 7.92. The number of halogens is 1. The summed E-state index contributed by atoms with van der Waals surface area (Å²) < 4.78 is 27.9. The summed E-state index contributed by atoms with van der Waals surface area (Å²) in [5.74, 6) is -0.445. The molecule has 0 aliphatic heterocycles. The average Bonchev–Trinajstić information content (AvgIpc) is 2.75. The van der Waals surface area contributed by atoms with Gasteiger partial charge in [-0.1, -0.05) is 48.0 Å². The van der Waals surface area contributed by atoms with Crippen LogP contribution in [0.5, 0.6) is 0 Å². The second-order valence-corrected chi connectivity index (χ2v) is 8.54. The number of nitrogens with one attached hydrogen (secondary N) is 2. The third-order valence-corrected chi connectivity index (χ3v) is 6.09. The van der Waals surface area contributed by atoms with Gasteiger partial charge in [0.2, 0.25) is 0 Å². The minimum Gasteiger partial charge on any atom is -0.321 e. The van der Waals surface area contributed by atoms with Crippen LogP contribution in [0.1, 0.15) is 10.4 Å². The molecule has 4 rings (SSSR count). The molecule has 0 atom stereocenters. The van der Waals surface area contributed by atoms with Crippen LogP contribution in [0.15, 0.2) is 90.0 Å². The Hall–Kier alpha value is -3.42. The van der Waals surface area contributed by atoms with Crippen LogP contribution in [-0.4, -0.2) is 19.3 Å². The van der Waals surface area contributed by atoms with Crippen LogP contribution in [0.2, 0.25) is 5.02 Å². The predicted octanol–water partition coefficient (Wildman–Crippen LogP) is 4.94. The van der Waals surface area contributed by atoms with Crippen molar-refractivity contribution in [3.63, 3.8) is 0 Å². The Balaban J connectivity index is 1.62. The number of hydrogen-bond acceptors (Lipinski definition) is 4. The van der Waals surface area contributed by atoms with Gasteiger partial charge in [0, 0.05) is 22.8 Å². The number of rotatable bonds is 5. The molecule has 0 saturated heterocycles. The number of amides is 1. The second kappa shape index (κ2) is 8.14. The normalized spacial score (nSPS) is 11.2. The SMILES string of the molecule is O=C(Nc1ccnc2c(Cl)cccc12)c1cccc(S(=O)(=O)Nc2ccccc2)c1. The van der Waals surface area contributed by atoms with Crippen molar-refractivity contribution in [1.82, 2.24) is 4.98 Å². The van der Waals surface area contributed by atoms with Crippen LogP contribution >= 0.6 is 11.6 Å². The van der Waals surface area contributed by atoms with Crippen LogP contribution in [0.3, 0.4) is 0 Å². The first-order chi connectivity index (χ1) is 14.4. The maximum Gasteiger partial charge on any atom is 0.261 e. The number of para-hydroxylation sites is 2. The highest BCUT2D eigenvalue weighted by Gasteiger charge is 2.17. The van der Waals surface area contributed by atoms with E-state index in [2.05, 4.69) is 15.0 Å². The summed E-state index contributed by atoms with van der Waals surface area (Å²) in [6.45, 7) is 0. The van der Waals surface area contributed by atoms with Crippen molar-refractivity contribution in [2.45, 2.75) is 4.90 Å². The molecule has 4 aromatic rings. The van der Waals surface area contributed by atoms with Crippen LogP contribution in [-0.2, 0) is 10.0 Å². The van der Waals surface area contributed by atoms with Crippen molar-refractivity contribution in [1.29, 1.82) is 0 Å². The Bertz CT molecular complexity index is 1340. The third-order valence-electron chi connectivity index (χ3n) is 4.40. The lowest BCUT2D eigenvalue weighted by molar-refractivity contribution is 0.102. The zero-order valence-electron chi connectivity index (χ0n) is 15.5. The number of anilines is 2. The molecule has 0 saturated carbocycles. The quantitative estimate of drug-likeness (QED) is 0.462. The van der Waals surface area contributed by atoms with E-state index in [1.165, 1.54) is 18.2 Å². The number of hydrogen-bond donors (Lipinski definition) is 2. The van der Waals surface area contributed by atoms with Crippen LogP contribution in [0.25, 0.3) is 10.9 Å². The zero-order chi connectivity index (χ0) is 21.1. The standard InChI is InChI=1S/C22H16ClN3O3S/c23-19-11-5-10-18-20(12-13-24-21(18)19)25-22(27)15-6-4-9-17(14-15)30(28,29)26-16-7-2-1-3-8-16/h1-14,26H,(H,24,25,27). The minimum absolute atomic E-state index is 0.0124. The van der Waals surface area contributed by atoms with Crippen molar-refractivity contribution in [2.75, 3.05) is 10.0 Å². The molecule has 150 valence electrons. The fraction of sp³-hybridized carbons (Fsp3) is 0. The molecule has 0 radical (unpaired) electrons.